The maximum atomic E-state index is 16.0. The normalized spacial score (nSPS) is 12.3. The molecular formula is C55H39N2O2P3S. The zero-order valence-corrected chi connectivity index (χ0v) is 37.5. The minimum atomic E-state index is -3.38. The van der Waals surface area contributed by atoms with Crippen LogP contribution in [-0.4, -0.2) is 9.38 Å². The van der Waals surface area contributed by atoms with Crippen LogP contribution in [0.15, 0.2) is 237 Å². The highest BCUT2D eigenvalue weighted by Gasteiger charge is 2.34. The van der Waals surface area contributed by atoms with Gasteiger partial charge in [0.25, 0.3) is 0 Å². The van der Waals surface area contributed by atoms with Crippen molar-refractivity contribution in [2.24, 2.45) is 0 Å². The molecule has 11 rings (SSSR count). The lowest BCUT2D eigenvalue weighted by Gasteiger charge is -2.24. The van der Waals surface area contributed by atoms with Gasteiger partial charge in [-0.25, -0.2) is 4.98 Å². The van der Waals surface area contributed by atoms with Crippen molar-refractivity contribution in [3.8, 4) is 0 Å². The lowest BCUT2D eigenvalue weighted by molar-refractivity contribution is 0.591. The zero-order valence-electron chi connectivity index (χ0n) is 34.0. The molecule has 11 aromatic rings. The summed E-state index contributed by atoms with van der Waals surface area (Å²) >= 11 is 6.95. The van der Waals surface area contributed by atoms with Crippen LogP contribution in [0, 0.1) is 0 Å². The van der Waals surface area contributed by atoms with Crippen molar-refractivity contribution in [1.29, 1.82) is 0 Å². The number of hydrogen-bond donors (Lipinski definition) is 0. The maximum absolute atomic E-state index is 16.0. The Labute approximate surface area is 371 Å². The van der Waals surface area contributed by atoms with Crippen molar-refractivity contribution in [3.05, 3.63) is 237 Å². The van der Waals surface area contributed by atoms with E-state index in [1.807, 2.05) is 146 Å². The van der Waals surface area contributed by atoms with E-state index in [1.54, 1.807) is 0 Å². The van der Waals surface area contributed by atoms with E-state index in [1.165, 1.54) is 0 Å². The lowest BCUT2D eigenvalue weighted by atomic mass is 10.1. The zero-order chi connectivity index (χ0) is 42.6. The van der Waals surface area contributed by atoms with Crippen LogP contribution in [0.3, 0.4) is 0 Å². The van der Waals surface area contributed by atoms with E-state index < -0.39 is 20.3 Å². The van der Waals surface area contributed by atoms with Gasteiger partial charge >= 0.3 is 0 Å². The SMILES string of the molecule is O=P(c1ccccc1)(c1ccccc1)c1ccc2c(c1)c1ccc(P(=O)(c3ccccc3)c3ccccc3)cc1c1nc3c(P(=S)(c4ccccc4)c4ccccc4)cccc3n21. The van der Waals surface area contributed by atoms with Crippen molar-refractivity contribution in [2.45, 2.75) is 0 Å². The van der Waals surface area contributed by atoms with Crippen molar-refractivity contribution < 1.29 is 9.13 Å². The Bertz CT molecular complexity index is 3510. The second kappa shape index (κ2) is 15.7. The van der Waals surface area contributed by atoms with Crippen LogP contribution < -0.4 is 47.7 Å². The fraction of sp³-hybridized carbons (Fsp3) is 0. The first-order valence-electron chi connectivity index (χ1n) is 20.9. The van der Waals surface area contributed by atoms with Crippen LogP contribution in [0.2, 0.25) is 0 Å². The average molecular weight is 885 g/mol. The van der Waals surface area contributed by atoms with Gasteiger partial charge in [0.05, 0.1) is 16.6 Å². The third-order valence-electron chi connectivity index (χ3n) is 12.2. The monoisotopic (exact) mass is 884 g/mol. The summed E-state index contributed by atoms with van der Waals surface area (Å²) in [5.41, 5.74) is 3.39. The summed E-state index contributed by atoms with van der Waals surface area (Å²) < 4.78 is 34.1. The second-order valence-electron chi connectivity index (χ2n) is 15.7. The van der Waals surface area contributed by atoms with E-state index in [-0.39, 0.29) is 0 Å². The molecule has 2 heterocycles. The van der Waals surface area contributed by atoms with Gasteiger partial charge in [0.15, 0.2) is 14.3 Å². The first-order chi connectivity index (χ1) is 30.9. The first kappa shape index (κ1) is 39.4. The van der Waals surface area contributed by atoms with Crippen LogP contribution in [-0.2, 0) is 20.9 Å². The molecule has 0 aliphatic rings. The van der Waals surface area contributed by atoms with E-state index >= 15 is 9.13 Å². The third-order valence-corrected chi connectivity index (χ3v) is 23.3. The molecule has 0 radical (unpaired) electrons. The van der Waals surface area contributed by atoms with Gasteiger partial charge in [-0.3, -0.25) is 4.40 Å². The van der Waals surface area contributed by atoms with Crippen molar-refractivity contribution in [3.63, 3.8) is 0 Å². The van der Waals surface area contributed by atoms with Gasteiger partial charge in [0.2, 0.25) is 0 Å². The molecule has 0 atom stereocenters. The fourth-order valence-electron chi connectivity index (χ4n) is 9.19. The highest BCUT2D eigenvalue weighted by atomic mass is 32.4. The summed E-state index contributed by atoms with van der Waals surface area (Å²) in [5.74, 6) is 0. The molecule has 0 bridgehead atoms. The van der Waals surface area contributed by atoms with E-state index in [4.69, 9.17) is 16.8 Å². The summed E-state index contributed by atoms with van der Waals surface area (Å²) in [6.07, 6.45) is 0. The van der Waals surface area contributed by atoms with Gasteiger partial charge in [-0.05, 0) is 46.3 Å². The fourth-order valence-corrected chi connectivity index (χ4v) is 18.5. The largest absolute Gasteiger partial charge is 0.309 e. The maximum Gasteiger partial charge on any atom is 0.171 e. The number of fused-ring (bicyclic) bond motifs is 8. The van der Waals surface area contributed by atoms with Gasteiger partial charge in [-0.1, -0.05) is 218 Å². The molecule has 0 amide bonds. The van der Waals surface area contributed by atoms with Crippen molar-refractivity contribution in [1.82, 2.24) is 9.38 Å². The van der Waals surface area contributed by atoms with E-state index in [0.29, 0.717) is 5.30 Å². The lowest BCUT2D eigenvalue weighted by Crippen LogP contribution is -2.25. The Hall–Kier alpha value is -6.44. The summed E-state index contributed by atoms with van der Waals surface area (Å²) in [6, 6.07) is 76.1. The van der Waals surface area contributed by atoms with Gasteiger partial charge in [-0.15, -0.1) is 0 Å². The van der Waals surface area contributed by atoms with Crippen LogP contribution in [0.5, 0.6) is 0 Å². The number of rotatable bonds is 9. The highest BCUT2D eigenvalue weighted by Crippen LogP contribution is 2.48. The number of hydrogen-bond acceptors (Lipinski definition) is 4. The molecule has 63 heavy (non-hydrogen) atoms. The minimum Gasteiger partial charge on any atom is -0.309 e. The van der Waals surface area contributed by atoms with Crippen molar-refractivity contribution >= 4 is 118 Å². The molecular weight excluding hydrogens is 846 g/mol. The average Bonchev–Trinajstić information content (AvgIpc) is 3.77. The van der Waals surface area contributed by atoms with Gasteiger partial charge < -0.3 is 9.13 Å². The van der Waals surface area contributed by atoms with Gasteiger partial charge in [0, 0.05) is 53.9 Å². The standard InChI is InChI=1S/C55H39N2O2P3S/c58-60(40-20-7-1-8-21-40,41-22-9-2-10-23-41)46-34-36-48-49-38-47(61(59,42-24-11-3-12-25-42)43-26-13-4-14-27-43)35-37-51(49)57-52-32-19-33-53(54(52)56-55(57)50(48)39-46)62(63,44-28-15-5-16-29-44)45-30-17-6-18-31-45/h1-39H. The molecule has 0 saturated heterocycles. The number of pyridine rings is 1. The van der Waals surface area contributed by atoms with Crippen LogP contribution in [0.25, 0.3) is 38.4 Å². The quantitative estimate of drug-likeness (QED) is 0.107. The first-order valence-corrected chi connectivity index (χ1v) is 27.1. The predicted molar refractivity (Wildman–Crippen MR) is 273 cm³/mol. The molecule has 0 unspecified atom stereocenters. The molecule has 9 aromatic carbocycles. The Kier molecular flexibility index (Phi) is 9.84. The Balaban J connectivity index is 1.27. The minimum absolute atomic E-state index is 0.704. The smallest absolute Gasteiger partial charge is 0.171 e. The molecule has 0 fully saturated rings. The number of benzene rings is 9. The topological polar surface area (TPSA) is 51.4 Å². The predicted octanol–water partition coefficient (Wildman–Crippen LogP) is 9.83. The Morgan fingerprint density at radius 1 is 0.349 bits per heavy atom. The van der Waals surface area contributed by atoms with Crippen LogP contribution >= 0.6 is 20.3 Å². The third kappa shape index (κ3) is 6.26. The summed E-state index contributed by atoms with van der Waals surface area (Å²) in [6.45, 7) is 0. The van der Waals surface area contributed by atoms with E-state index in [9.17, 15) is 0 Å². The van der Waals surface area contributed by atoms with E-state index in [2.05, 4.69) is 95.4 Å². The molecule has 302 valence electrons. The molecule has 4 nitrogen and oxygen atoms in total. The second-order valence-corrected chi connectivity index (χ2v) is 25.6. The summed E-state index contributed by atoms with van der Waals surface area (Å²) in [5, 5.41) is 10.3. The molecule has 0 spiro atoms. The number of para-hydroxylation sites is 1. The molecule has 0 saturated carbocycles. The summed E-state index contributed by atoms with van der Waals surface area (Å²) in [4.78, 5) is 5.63. The van der Waals surface area contributed by atoms with Gasteiger partial charge in [-0.2, -0.15) is 0 Å². The molecule has 0 N–H and O–H groups in total. The van der Waals surface area contributed by atoms with Crippen LogP contribution in [0.4, 0.5) is 0 Å². The number of aromatic nitrogens is 2. The number of nitrogens with zero attached hydrogens (tertiary/aromatic N) is 2. The van der Waals surface area contributed by atoms with Crippen LogP contribution in [0.1, 0.15) is 0 Å². The number of imidazole rings is 1. The molecule has 0 aliphatic carbocycles. The summed E-state index contributed by atoms with van der Waals surface area (Å²) in [7, 11) is -6.72. The molecule has 8 heteroatoms. The van der Waals surface area contributed by atoms with E-state index in [0.717, 1.165) is 80.8 Å². The van der Waals surface area contributed by atoms with Crippen molar-refractivity contribution in [2.75, 3.05) is 0 Å². The Morgan fingerprint density at radius 2 is 0.746 bits per heavy atom. The molecule has 0 aliphatic heterocycles. The molecule has 2 aromatic heterocycles. The van der Waals surface area contributed by atoms with Gasteiger partial charge in [0.1, 0.15) is 5.65 Å². The Morgan fingerprint density at radius 3 is 1.19 bits per heavy atom. The highest BCUT2D eigenvalue weighted by molar-refractivity contribution is 8.25.